The zero-order valence-electron chi connectivity index (χ0n) is 15.9. The Morgan fingerprint density at radius 1 is 1.00 bits per heavy atom. The minimum absolute atomic E-state index is 0.160. The molecule has 2 rings (SSSR count). The number of amides is 1. The summed E-state index contributed by atoms with van der Waals surface area (Å²) in [6, 6.07) is 17.3. The van der Waals surface area contributed by atoms with Crippen LogP contribution in [0.5, 0.6) is 5.75 Å². The van der Waals surface area contributed by atoms with Gasteiger partial charge in [-0.15, -0.1) is 0 Å². The third-order valence-corrected chi connectivity index (χ3v) is 3.38. The van der Waals surface area contributed by atoms with Crippen LogP contribution in [0.1, 0.15) is 31.9 Å². The fraction of sp³-hybridized carbons (Fsp3) is 0.273. The van der Waals surface area contributed by atoms with Gasteiger partial charge in [-0.1, -0.05) is 42.5 Å². The third-order valence-electron chi connectivity index (χ3n) is 3.38. The summed E-state index contributed by atoms with van der Waals surface area (Å²) < 4.78 is 10.8. The molecule has 0 saturated heterocycles. The molecule has 0 spiro atoms. The first-order chi connectivity index (χ1) is 12.8. The van der Waals surface area contributed by atoms with Crippen LogP contribution in [0.2, 0.25) is 0 Å². The van der Waals surface area contributed by atoms with Crippen molar-refractivity contribution >= 4 is 18.0 Å². The standard InChI is InChI=1S/C22H25NO4/c1-22(2,3)27-21(25)15-23-20(24)14-11-17-9-12-19(13-10-17)26-16-18-7-5-4-6-8-18/h4-14H,15-16H2,1-3H3,(H,23,24). The molecular weight excluding hydrogens is 342 g/mol. The maximum absolute atomic E-state index is 11.8. The summed E-state index contributed by atoms with van der Waals surface area (Å²) >= 11 is 0. The van der Waals surface area contributed by atoms with E-state index in [0.29, 0.717) is 6.61 Å². The minimum Gasteiger partial charge on any atom is -0.489 e. The van der Waals surface area contributed by atoms with Gasteiger partial charge >= 0.3 is 5.97 Å². The smallest absolute Gasteiger partial charge is 0.325 e. The predicted octanol–water partition coefficient (Wildman–Crippen LogP) is 3.74. The van der Waals surface area contributed by atoms with Crippen LogP contribution in [-0.4, -0.2) is 24.0 Å². The molecule has 0 saturated carbocycles. The quantitative estimate of drug-likeness (QED) is 0.598. The molecule has 0 aliphatic carbocycles. The molecule has 2 aromatic rings. The van der Waals surface area contributed by atoms with Gasteiger partial charge in [-0.25, -0.2) is 0 Å². The monoisotopic (exact) mass is 367 g/mol. The first-order valence-corrected chi connectivity index (χ1v) is 8.76. The van der Waals surface area contributed by atoms with Gasteiger partial charge in [-0.05, 0) is 50.1 Å². The molecule has 1 N–H and O–H groups in total. The SMILES string of the molecule is CC(C)(C)OC(=O)CNC(=O)C=Cc1ccc(OCc2ccccc2)cc1. The number of hydrogen-bond donors (Lipinski definition) is 1. The fourth-order valence-corrected chi connectivity index (χ4v) is 2.18. The van der Waals surface area contributed by atoms with Crippen LogP contribution in [0.4, 0.5) is 0 Å². The van der Waals surface area contributed by atoms with Crippen molar-refractivity contribution in [1.29, 1.82) is 0 Å². The van der Waals surface area contributed by atoms with Crippen molar-refractivity contribution in [2.75, 3.05) is 6.54 Å². The van der Waals surface area contributed by atoms with Crippen molar-refractivity contribution in [2.24, 2.45) is 0 Å². The van der Waals surface area contributed by atoms with Crippen molar-refractivity contribution < 1.29 is 19.1 Å². The zero-order valence-corrected chi connectivity index (χ0v) is 15.9. The van der Waals surface area contributed by atoms with Crippen molar-refractivity contribution in [2.45, 2.75) is 33.0 Å². The molecular formula is C22H25NO4. The Hall–Kier alpha value is -3.08. The van der Waals surface area contributed by atoms with Crippen LogP contribution in [0.3, 0.4) is 0 Å². The number of carbonyl (C=O) groups is 2. The molecule has 0 unspecified atom stereocenters. The lowest BCUT2D eigenvalue weighted by Crippen LogP contribution is -2.33. The van der Waals surface area contributed by atoms with E-state index in [1.54, 1.807) is 26.8 Å². The summed E-state index contributed by atoms with van der Waals surface area (Å²) in [6.45, 7) is 5.68. The number of nitrogens with one attached hydrogen (secondary N) is 1. The number of carbonyl (C=O) groups excluding carboxylic acids is 2. The second-order valence-corrected chi connectivity index (χ2v) is 6.98. The predicted molar refractivity (Wildman–Crippen MR) is 105 cm³/mol. The third kappa shape index (κ3) is 8.23. The molecule has 0 aliphatic heterocycles. The Kier molecular flexibility index (Phi) is 7.17. The average molecular weight is 367 g/mol. The lowest BCUT2D eigenvalue weighted by Gasteiger charge is -2.19. The molecule has 27 heavy (non-hydrogen) atoms. The molecule has 5 heteroatoms. The number of esters is 1. The molecule has 0 atom stereocenters. The van der Waals surface area contributed by atoms with E-state index >= 15 is 0 Å². The van der Waals surface area contributed by atoms with Crippen LogP contribution in [0.15, 0.2) is 60.7 Å². The maximum Gasteiger partial charge on any atom is 0.325 e. The van der Waals surface area contributed by atoms with Crippen molar-refractivity contribution in [3.63, 3.8) is 0 Å². The number of rotatable bonds is 7. The largest absolute Gasteiger partial charge is 0.489 e. The van der Waals surface area contributed by atoms with E-state index in [4.69, 9.17) is 9.47 Å². The van der Waals surface area contributed by atoms with E-state index in [9.17, 15) is 9.59 Å². The van der Waals surface area contributed by atoms with Crippen LogP contribution in [0, 0.1) is 0 Å². The highest BCUT2D eigenvalue weighted by atomic mass is 16.6. The maximum atomic E-state index is 11.8. The number of ether oxygens (including phenoxy) is 2. The van der Waals surface area contributed by atoms with Gasteiger partial charge < -0.3 is 14.8 Å². The average Bonchev–Trinajstić information content (AvgIpc) is 2.63. The number of hydrogen-bond acceptors (Lipinski definition) is 4. The first-order valence-electron chi connectivity index (χ1n) is 8.76. The van der Waals surface area contributed by atoms with E-state index in [-0.39, 0.29) is 12.5 Å². The number of benzene rings is 2. The Morgan fingerprint density at radius 3 is 2.30 bits per heavy atom. The van der Waals surface area contributed by atoms with E-state index < -0.39 is 11.6 Å². The van der Waals surface area contributed by atoms with E-state index in [2.05, 4.69) is 5.32 Å². The summed E-state index contributed by atoms with van der Waals surface area (Å²) in [5.74, 6) is -0.0696. The fourth-order valence-electron chi connectivity index (χ4n) is 2.18. The summed E-state index contributed by atoms with van der Waals surface area (Å²) in [4.78, 5) is 23.3. The van der Waals surface area contributed by atoms with Gasteiger partial charge in [0, 0.05) is 6.08 Å². The summed E-state index contributed by atoms with van der Waals surface area (Å²) in [5, 5.41) is 2.50. The van der Waals surface area contributed by atoms with Crippen LogP contribution < -0.4 is 10.1 Å². The van der Waals surface area contributed by atoms with E-state index in [1.165, 1.54) is 6.08 Å². The molecule has 0 fully saturated rings. The van der Waals surface area contributed by atoms with Crippen molar-refractivity contribution in [1.82, 2.24) is 5.32 Å². The van der Waals surface area contributed by atoms with Crippen molar-refractivity contribution in [3.05, 3.63) is 71.8 Å². The van der Waals surface area contributed by atoms with Gasteiger partial charge in [0.05, 0.1) is 0 Å². The normalized spacial score (nSPS) is 11.2. The summed E-state index contributed by atoms with van der Waals surface area (Å²) in [5.41, 5.74) is 1.39. The highest BCUT2D eigenvalue weighted by molar-refractivity contribution is 5.93. The Morgan fingerprint density at radius 2 is 1.67 bits per heavy atom. The van der Waals surface area contributed by atoms with Gasteiger partial charge in [-0.2, -0.15) is 0 Å². The molecule has 0 radical (unpaired) electrons. The zero-order chi connectivity index (χ0) is 19.7. The molecule has 2 aromatic carbocycles. The second kappa shape index (κ2) is 9.57. The van der Waals surface area contributed by atoms with E-state index in [1.807, 2.05) is 54.6 Å². The first kappa shape index (κ1) is 20.2. The van der Waals surface area contributed by atoms with Gasteiger partial charge in [-0.3, -0.25) is 9.59 Å². The Labute approximate surface area is 160 Å². The second-order valence-electron chi connectivity index (χ2n) is 6.98. The lowest BCUT2D eigenvalue weighted by molar-refractivity contribution is -0.154. The molecule has 142 valence electrons. The summed E-state index contributed by atoms with van der Waals surface area (Å²) in [6.07, 6.45) is 3.05. The molecule has 0 heterocycles. The molecule has 1 amide bonds. The minimum atomic E-state index is -0.567. The van der Waals surface area contributed by atoms with Crippen LogP contribution in [0.25, 0.3) is 6.08 Å². The van der Waals surface area contributed by atoms with Gasteiger partial charge in [0.15, 0.2) is 0 Å². The van der Waals surface area contributed by atoms with Crippen LogP contribution >= 0.6 is 0 Å². The molecule has 0 bridgehead atoms. The lowest BCUT2D eigenvalue weighted by atomic mass is 10.2. The van der Waals surface area contributed by atoms with Gasteiger partial charge in [0.25, 0.3) is 0 Å². The summed E-state index contributed by atoms with van der Waals surface area (Å²) in [7, 11) is 0. The van der Waals surface area contributed by atoms with Crippen LogP contribution in [-0.2, 0) is 20.9 Å². The van der Waals surface area contributed by atoms with Gasteiger partial charge in [0.1, 0.15) is 24.5 Å². The van der Waals surface area contributed by atoms with Crippen molar-refractivity contribution in [3.8, 4) is 5.75 Å². The van der Waals surface area contributed by atoms with Gasteiger partial charge in [0.2, 0.25) is 5.91 Å². The Balaban J connectivity index is 1.77. The molecule has 5 nitrogen and oxygen atoms in total. The molecule has 0 aromatic heterocycles. The Bertz CT molecular complexity index is 774. The molecule has 0 aliphatic rings. The highest BCUT2D eigenvalue weighted by Gasteiger charge is 2.16. The highest BCUT2D eigenvalue weighted by Crippen LogP contribution is 2.15. The topological polar surface area (TPSA) is 64.6 Å². The van der Waals surface area contributed by atoms with E-state index in [0.717, 1.165) is 16.9 Å².